The van der Waals surface area contributed by atoms with Gasteiger partial charge in [0.15, 0.2) is 0 Å². The minimum Gasteiger partial charge on any atom is -0.463 e. The molecule has 230 valence electrons. The maximum Gasteiger partial charge on any atom is 0.305 e. The van der Waals surface area contributed by atoms with Crippen molar-refractivity contribution < 1.29 is 47.4 Å². The molecular formula is C29H54O10. The minimum absolute atomic E-state index is 0.139. The van der Waals surface area contributed by atoms with Gasteiger partial charge in [0.25, 0.3) is 0 Å². The highest BCUT2D eigenvalue weighted by atomic mass is 16.6. The summed E-state index contributed by atoms with van der Waals surface area (Å²) in [7, 11) is 0. The number of esters is 1. The Morgan fingerprint density at radius 1 is 0.487 bits per heavy atom. The Kier molecular flexibility index (Phi) is 33.6. The first kappa shape index (κ1) is 37.7. The number of carbonyl (C=O) groups is 1. The van der Waals surface area contributed by atoms with Gasteiger partial charge in [-0.25, -0.2) is 0 Å². The minimum atomic E-state index is -0.139. The monoisotopic (exact) mass is 562 g/mol. The van der Waals surface area contributed by atoms with E-state index in [0.717, 1.165) is 12.8 Å². The third kappa shape index (κ3) is 34.7. The van der Waals surface area contributed by atoms with Gasteiger partial charge in [0.2, 0.25) is 0 Å². The summed E-state index contributed by atoms with van der Waals surface area (Å²) in [4.78, 5) is 11.7. The van der Waals surface area contributed by atoms with Gasteiger partial charge in [-0.15, -0.1) is 6.42 Å². The molecule has 0 spiro atoms. The van der Waals surface area contributed by atoms with E-state index in [-0.39, 0.29) is 12.6 Å². The number of carbonyl (C=O) groups excluding carboxylic acids is 1. The summed E-state index contributed by atoms with van der Waals surface area (Å²) < 4.78 is 48.2. The van der Waals surface area contributed by atoms with Crippen LogP contribution < -0.4 is 0 Å². The highest BCUT2D eigenvalue weighted by molar-refractivity contribution is 5.69. The maximum absolute atomic E-state index is 11.7. The number of unbranched alkanes of at least 4 members (excludes halogenated alkanes) is 6. The molecule has 0 atom stereocenters. The van der Waals surface area contributed by atoms with E-state index in [1.807, 2.05) is 0 Å². The Morgan fingerprint density at radius 3 is 1.21 bits per heavy atom. The molecule has 10 nitrogen and oxygen atoms in total. The summed E-state index contributed by atoms with van der Waals surface area (Å²) in [5.74, 6) is 2.26. The molecule has 0 aromatic rings. The molecule has 0 radical (unpaired) electrons. The van der Waals surface area contributed by atoms with Crippen molar-refractivity contribution in [1.29, 1.82) is 0 Å². The van der Waals surface area contributed by atoms with E-state index in [4.69, 9.17) is 49.1 Å². The highest BCUT2D eigenvalue weighted by Crippen LogP contribution is 2.08. The molecule has 0 aromatic heterocycles. The van der Waals surface area contributed by atoms with E-state index in [9.17, 15) is 4.79 Å². The third-order valence-corrected chi connectivity index (χ3v) is 5.26. The fourth-order valence-corrected chi connectivity index (χ4v) is 3.18. The van der Waals surface area contributed by atoms with Crippen LogP contribution in [0.4, 0.5) is 0 Å². The zero-order valence-electron chi connectivity index (χ0n) is 24.3. The Hall–Kier alpha value is -1.29. The van der Waals surface area contributed by atoms with Gasteiger partial charge in [0, 0.05) is 6.42 Å². The zero-order chi connectivity index (χ0) is 28.3. The number of hydrogen-bond donors (Lipinski definition) is 0. The summed E-state index contributed by atoms with van der Waals surface area (Å²) in [5, 5.41) is 0. The summed E-state index contributed by atoms with van der Waals surface area (Å²) in [5.41, 5.74) is 0. The Balaban J connectivity index is 3.10. The van der Waals surface area contributed by atoms with Gasteiger partial charge in [0.05, 0.1) is 99.1 Å². The van der Waals surface area contributed by atoms with Gasteiger partial charge in [-0.3, -0.25) is 4.79 Å². The summed E-state index contributed by atoms with van der Waals surface area (Å²) in [6, 6.07) is 0. The Labute approximate surface area is 236 Å². The third-order valence-electron chi connectivity index (χ3n) is 5.26. The molecule has 0 unspecified atom stereocenters. The van der Waals surface area contributed by atoms with Gasteiger partial charge in [-0.05, 0) is 6.42 Å². The van der Waals surface area contributed by atoms with Gasteiger partial charge in [-0.1, -0.05) is 51.4 Å². The quantitative estimate of drug-likeness (QED) is 0.0672. The maximum atomic E-state index is 11.7. The molecule has 0 fully saturated rings. The number of terminal acetylenes is 1. The molecule has 0 heterocycles. The second kappa shape index (κ2) is 34.7. The lowest BCUT2D eigenvalue weighted by atomic mass is 10.1. The molecule has 0 saturated carbocycles. The van der Waals surface area contributed by atoms with Crippen LogP contribution in [-0.4, -0.2) is 118 Å². The van der Waals surface area contributed by atoms with Crippen molar-refractivity contribution in [2.45, 2.75) is 58.3 Å². The smallest absolute Gasteiger partial charge is 0.305 e. The van der Waals surface area contributed by atoms with Crippen LogP contribution >= 0.6 is 0 Å². The molecular weight excluding hydrogens is 508 g/mol. The van der Waals surface area contributed by atoms with Crippen molar-refractivity contribution in [3.8, 4) is 12.3 Å². The van der Waals surface area contributed by atoms with Crippen LogP contribution in [0.2, 0.25) is 0 Å². The van der Waals surface area contributed by atoms with E-state index in [1.165, 1.54) is 32.1 Å². The van der Waals surface area contributed by atoms with Crippen molar-refractivity contribution in [2.24, 2.45) is 0 Å². The van der Waals surface area contributed by atoms with Crippen LogP contribution in [0.1, 0.15) is 58.3 Å². The lowest BCUT2D eigenvalue weighted by Crippen LogP contribution is -2.15. The van der Waals surface area contributed by atoms with E-state index in [0.29, 0.717) is 112 Å². The van der Waals surface area contributed by atoms with Crippen molar-refractivity contribution >= 4 is 5.97 Å². The molecule has 0 aromatic carbocycles. The number of ether oxygens (including phenoxy) is 9. The standard InChI is InChI=1S/C29H54O10/c1-3-5-6-7-8-9-10-11-29(30)39-28-27-38-26-25-37-24-23-36-22-21-35-20-19-34-18-17-33-16-15-32-14-13-31-12-4-2/h2H,3,5-28H2,1H3. The fraction of sp³-hybridized carbons (Fsp3) is 0.897. The van der Waals surface area contributed by atoms with Crippen LogP contribution in [0, 0.1) is 12.3 Å². The van der Waals surface area contributed by atoms with Crippen molar-refractivity contribution in [1.82, 2.24) is 0 Å². The van der Waals surface area contributed by atoms with Crippen molar-refractivity contribution in [3.05, 3.63) is 0 Å². The van der Waals surface area contributed by atoms with Crippen LogP contribution in [0.3, 0.4) is 0 Å². The van der Waals surface area contributed by atoms with Gasteiger partial charge in [-0.2, -0.15) is 0 Å². The molecule has 39 heavy (non-hydrogen) atoms. The molecule has 0 amide bonds. The zero-order valence-corrected chi connectivity index (χ0v) is 24.3. The first-order valence-electron chi connectivity index (χ1n) is 14.5. The molecule has 0 aliphatic rings. The van der Waals surface area contributed by atoms with E-state index < -0.39 is 0 Å². The van der Waals surface area contributed by atoms with Gasteiger partial charge < -0.3 is 42.6 Å². The summed E-state index contributed by atoms with van der Waals surface area (Å²) >= 11 is 0. The van der Waals surface area contributed by atoms with Crippen LogP contribution in [-0.2, 0) is 47.4 Å². The second-order valence-corrected chi connectivity index (χ2v) is 8.64. The van der Waals surface area contributed by atoms with E-state index in [1.54, 1.807) is 0 Å². The molecule has 0 bridgehead atoms. The lowest BCUT2D eigenvalue weighted by molar-refractivity contribution is -0.145. The van der Waals surface area contributed by atoms with Crippen LogP contribution in [0.25, 0.3) is 0 Å². The van der Waals surface area contributed by atoms with Crippen LogP contribution in [0.15, 0.2) is 0 Å². The predicted octanol–water partition coefficient (Wildman–Crippen LogP) is 3.44. The Bertz CT molecular complexity index is 527. The molecule has 10 heteroatoms. The first-order chi connectivity index (χ1) is 19.3. The molecule has 0 saturated heterocycles. The normalized spacial score (nSPS) is 11.1. The molecule has 0 aliphatic carbocycles. The second-order valence-electron chi connectivity index (χ2n) is 8.64. The SMILES string of the molecule is C#CCOCCOCCOCCOCCOCCOCCOCCOCCOC(=O)CCCCCCCCC. The number of hydrogen-bond acceptors (Lipinski definition) is 10. The number of rotatable bonds is 33. The summed E-state index contributed by atoms with van der Waals surface area (Å²) in [6.07, 6.45) is 13.9. The largest absolute Gasteiger partial charge is 0.463 e. The summed E-state index contributed by atoms with van der Waals surface area (Å²) in [6.45, 7) is 10.2. The molecule has 0 N–H and O–H groups in total. The van der Waals surface area contributed by atoms with Gasteiger partial charge >= 0.3 is 5.97 Å². The van der Waals surface area contributed by atoms with Crippen LogP contribution in [0.5, 0.6) is 0 Å². The van der Waals surface area contributed by atoms with E-state index >= 15 is 0 Å². The van der Waals surface area contributed by atoms with Gasteiger partial charge in [0.1, 0.15) is 13.2 Å². The highest BCUT2D eigenvalue weighted by Gasteiger charge is 2.02. The van der Waals surface area contributed by atoms with E-state index in [2.05, 4.69) is 12.8 Å². The topological polar surface area (TPSA) is 100 Å². The molecule has 0 rings (SSSR count). The lowest BCUT2D eigenvalue weighted by Gasteiger charge is -2.09. The fourth-order valence-electron chi connectivity index (χ4n) is 3.18. The van der Waals surface area contributed by atoms with Crippen molar-refractivity contribution in [3.63, 3.8) is 0 Å². The average molecular weight is 563 g/mol. The predicted molar refractivity (Wildman–Crippen MR) is 149 cm³/mol. The Morgan fingerprint density at radius 2 is 0.821 bits per heavy atom. The van der Waals surface area contributed by atoms with Crippen molar-refractivity contribution in [2.75, 3.05) is 112 Å². The first-order valence-corrected chi connectivity index (χ1v) is 14.5. The molecule has 0 aliphatic heterocycles. The average Bonchev–Trinajstić information content (AvgIpc) is 2.94.